The Labute approximate surface area is 195 Å². The molecule has 0 bridgehead atoms. The number of benzene rings is 1. The lowest BCUT2D eigenvalue weighted by Crippen LogP contribution is -2.40. The summed E-state index contributed by atoms with van der Waals surface area (Å²) >= 11 is 0. The van der Waals surface area contributed by atoms with Gasteiger partial charge in [0.05, 0.1) is 23.3 Å². The molecular formula is C23H25N9O2. The van der Waals surface area contributed by atoms with Crippen LogP contribution >= 0.6 is 0 Å². The number of amides is 1. The first-order valence-corrected chi connectivity index (χ1v) is 11.3. The van der Waals surface area contributed by atoms with Crippen LogP contribution in [0, 0.1) is 0 Å². The Bertz CT molecular complexity index is 1370. The third kappa shape index (κ3) is 3.78. The number of anilines is 1. The molecule has 1 amide bonds. The summed E-state index contributed by atoms with van der Waals surface area (Å²) in [6.45, 7) is 4.73. The summed E-state index contributed by atoms with van der Waals surface area (Å²) < 4.78 is 3.46. The standard InChI is InChI=1S/C23H25N9O2/c1-3-19(34)30-10-4-5-17(11-30)32-23-20(22(24)25-13-26-23)21(28-32)18-12-31(29-27-18)16-8-6-15(7-9-16)14(2)33/h6-9,12-13,17H,3-5,10-11H2,1-2H3,(H2,24,25,26)/t17-/m1/s1. The molecule has 1 atom stereocenters. The van der Waals surface area contributed by atoms with Crippen LogP contribution in [0.2, 0.25) is 0 Å². The second-order valence-electron chi connectivity index (χ2n) is 8.39. The average molecular weight is 460 g/mol. The predicted octanol–water partition coefficient (Wildman–Crippen LogP) is 2.43. The van der Waals surface area contributed by atoms with Crippen molar-refractivity contribution in [2.75, 3.05) is 18.8 Å². The van der Waals surface area contributed by atoms with E-state index >= 15 is 0 Å². The first-order chi connectivity index (χ1) is 16.5. The van der Waals surface area contributed by atoms with Crippen LogP contribution < -0.4 is 5.73 Å². The maximum absolute atomic E-state index is 12.3. The number of nitrogens with two attached hydrogens (primary N) is 1. The summed E-state index contributed by atoms with van der Waals surface area (Å²) in [7, 11) is 0. The van der Waals surface area contributed by atoms with Gasteiger partial charge >= 0.3 is 0 Å². The van der Waals surface area contributed by atoms with Crippen LogP contribution in [0.4, 0.5) is 5.82 Å². The number of carbonyl (C=O) groups excluding carboxylic acids is 2. The number of hydrogen-bond acceptors (Lipinski definition) is 8. The Morgan fingerprint density at radius 3 is 2.71 bits per heavy atom. The van der Waals surface area contributed by atoms with Crippen molar-refractivity contribution in [3.63, 3.8) is 0 Å². The van der Waals surface area contributed by atoms with Gasteiger partial charge in [-0.25, -0.2) is 19.3 Å². The molecule has 4 aromatic rings. The Balaban J connectivity index is 1.54. The number of likely N-dealkylation sites (tertiary alicyclic amines) is 1. The fourth-order valence-electron chi connectivity index (χ4n) is 4.38. The molecule has 1 aliphatic rings. The Morgan fingerprint density at radius 2 is 1.97 bits per heavy atom. The van der Waals surface area contributed by atoms with E-state index in [1.807, 2.05) is 28.6 Å². The molecule has 1 fully saturated rings. The maximum atomic E-state index is 12.3. The summed E-state index contributed by atoms with van der Waals surface area (Å²) in [4.78, 5) is 34.4. The lowest BCUT2D eigenvalue weighted by Gasteiger charge is -2.32. The van der Waals surface area contributed by atoms with Crippen molar-refractivity contribution in [3.05, 3.63) is 42.4 Å². The van der Waals surface area contributed by atoms with Crippen LogP contribution in [0.25, 0.3) is 28.1 Å². The number of nitrogens with zero attached hydrogens (tertiary/aromatic N) is 8. The molecule has 1 saturated heterocycles. The van der Waals surface area contributed by atoms with Crippen LogP contribution in [0.5, 0.6) is 0 Å². The van der Waals surface area contributed by atoms with Crippen LogP contribution in [0.3, 0.4) is 0 Å². The summed E-state index contributed by atoms with van der Waals surface area (Å²) in [5.41, 5.74) is 9.31. The monoisotopic (exact) mass is 459 g/mol. The molecule has 0 spiro atoms. The fourth-order valence-corrected chi connectivity index (χ4v) is 4.38. The first kappa shape index (κ1) is 21.7. The number of fused-ring (bicyclic) bond motifs is 1. The van der Waals surface area contributed by atoms with Gasteiger partial charge in [-0.15, -0.1) is 5.10 Å². The van der Waals surface area contributed by atoms with Crippen molar-refractivity contribution in [2.24, 2.45) is 0 Å². The molecule has 34 heavy (non-hydrogen) atoms. The zero-order valence-electron chi connectivity index (χ0n) is 19.0. The molecule has 1 aromatic carbocycles. The molecule has 0 saturated carbocycles. The van der Waals surface area contributed by atoms with E-state index < -0.39 is 0 Å². The predicted molar refractivity (Wildman–Crippen MR) is 125 cm³/mol. The van der Waals surface area contributed by atoms with Gasteiger partial charge in [-0.1, -0.05) is 12.1 Å². The highest BCUT2D eigenvalue weighted by Crippen LogP contribution is 2.33. The Morgan fingerprint density at radius 1 is 1.18 bits per heavy atom. The van der Waals surface area contributed by atoms with Crippen LogP contribution in [0.15, 0.2) is 36.8 Å². The number of Topliss-reactive ketones (excluding diaryl/α,β-unsaturated/α-hetero) is 1. The summed E-state index contributed by atoms with van der Waals surface area (Å²) in [5, 5.41) is 14.0. The van der Waals surface area contributed by atoms with Gasteiger partial charge in [-0.3, -0.25) is 9.59 Å². The van der Waals surface area contributed by atoms with Crippen molar-refractivity contribution >= 4 is 28.5 Å². The van der Waals surface area contributed by atoms with Crippen molar-refractivity contribution in [1.82, 2.24) is 39.6 Å². The van der Waals surface area contributed by atoms with Crippen molar-refractivity contribution in [3.8, 4) is 17.1 Å². The second-order valence-corrected chi connectivity index (χ2v) is 8.39. The van der Waals surface area contributed by atoms with Crippen LogP contribution in [0.1, 0.15) is 49.5 Å². The van der Waals surface area contributed by atoms with Gasteiger partial charge in [0, 0.05) is 25.1 Å². The van der Waals surface area contributed by atoms with Gasteiger partial charge in [0.1, 0.15) is 23.5 Å². The molecule has 0 radical (unpaired) electrons. The first-order valence-electron chi connectivity index (χ1n) is 11.3. The molecular weight excluding hydrogens is 434 g/mol. The molecule has 11 heteroatoms. The van der Waals surface area contributed by atoms with E-state index in [0.717, 1.165) is 25.1 Å². The molecule has 3 aromatic heterocycles. The van der Waals surface area contributed by atoms with E-state index in [0.29, 0.717) is 46.8 Å². The second kappa shape index (κ2) is 8.65. The summed E-state index contributed by atoms with van der Waals surface area (Å²) in [6, 6.07) is 7.10. The number of carbonyl (C=O) groups is 2. The normalized spacial score (nSPS) is 16.2. The molecule has 1 aliphatic heterocycles. The van der Waals surface area contributed by atoms with Gasteiger partial charge in [0.25, 0.3) is 0 Å². The van der Waals surface area contributed by atoms with E-state index in [4.69, 9.17) is 10.8 Å². The third-order valence-corrected chi connectivity index (χ3v) is 6.19. The molecule has 0 unspecified atom stereocenters. The lowest BCUT2D eigenvalue weighted by atomic mass is 10.1. The van der Waals surface area contributed by atoms with Crippen molar-refractivity contribution < 1.29 is 9.59 Å². The summed E-state index contributed by atoms with van der Waals surface area (Å²) in [5.74, 6) is 0.443. The number of ketones is 1. The maximum Gasteiger partial charge on any atom is 0.222 e. The summed E-state index contributed by atoms with van der Waals surface area (Å²) in [6.07, 6.45) is 5.42. The third-order valence-electron chi connectivity index (χ3n) is 6.19. The number of piperidine rings is 1. The molecule has 0 aliphatic carbocycles. The van der Waals surface area contributed by atoms with Gasteiger partial charge in [-0.05, 0) is 44.0 Å². The van der Waals surface area contributed by atoms with Gasteiger partial charge < -0.3 is 10.6 Å². The van der Waals surface area contributed by atoms with E-state index in [2.05, 4.69) is 20.3 Å². The number of nitrogen functional groups attached to an aromatic ring is 1. The van der Waals surface area contributed by atoms with Crippen molar-refractivity contribution in [1.29, 1.82) is 0 Å². The minimum Gasteiger partial charge on any atom is -0.383 e. The van der Waals surface area contributed by atoms with Gasteiger partial charge in [0.15, 0.2) is 11.4 Å². The number of hydrogen-bond donors (Lipinski definition) is 1. The topological polar surface area (TPSA) is 138 Å². The molecule has 5 rings (SSSR count). The SMILES string of the molecule is CCC(=O)N1CCC[C@@H](n2nc(-c3cn(-c4ccc(C(C)=O)cc4)nn3)c3c(N)ncnc32)C1. The highest BCUT2D eigenvalue weighted by atomic mass is 16.2. The fraction of sp³-hybridized carbons (Fsp3) is 0.348. The quantitative estimate of drug-likeness (QED) is 0.449. The lowest BCUT2D eigenvalue weighted by molar-refractivity contribution is -0.132. The van der Waals surface area contributed by atoms with Crippen molar-refractivity contribution in [2.45, 2.75) is 39.2 Å². The van der Waals surface area contributed by atoms with Crippen LogP contribution in [-0.2, 0) is 4.79 Å². The smallest absolute Gasteiger partial charge is 0.222 e. The Hall–Kier alpha value is -4.15. The number of rotatable bonds is 5. The highest BCUT2D eigenvalue weighted by Gasteiger charge is 2.28. The van der Waals surface area contributed by atoms with E-state index in [-0.39, 0.29) is 17.7 Å². The minimum absolute atomic E-state index is 0.000212. The average Bonchev–Trinajstić information content (AvgIpc) is 3.50. The molecule has 4 heterocycles. The Kier molecular flexibility index (Phi) is 5.52. The number of aromatic nitrogens is 7. The van der Waals surface area contributed by atoms with E-state index in [1.165, 1.54) is 13.3 Å². The van der Waals surface area contributed by atoms with E-state index in [1.54, 1.807) is 23.0 Å². The van der Waals surface area contributed by atoms with Gasteiger partial charge in [0.2, 0.25) is 5.91 Å². The van der Waals surface area contributed by atoms with E-state index in [9.17, 15) is 9.59 Å². The van der Waals surface area contributed by atoms with Crippen LogP contribution in [-0.4, -0.2) is 64.4 Å². The largest absolute Gasteiger partial charge is 0.383 e. The molecule has 11 nitrogen and oxygen atoms in total. The molecule has 174 valence electrons. The molecule has 2 N–H and O–H groups in total. The zero-order chi connectivity index (χ0) is 23.8. The van der Waals surface area contributed by atoms with Gasteiger partial charge in [-0.2, -0.15) is 5.10 Å². The zero-order valence-corrected chi connectivity index (χ0v) is 19.0. The highest BCUT2D eigenvalue weighted by molar-refractivity contribution is 5.97. The minimum atomic E-state index is -0.0241.